The first-order valence-corrected chi connectivity index (χ1v) is 8.12. The Hall–Kier alpha value is -0.730. The molecule has 3 heteroatoms. The summed E-state index contributed by atoms with van der Waals surface area (Å²) in [4.78, 5) is 0. The second-order valence-corrected chi connectivity index (χ2v) is 6.49. The average molecular weight is 296 g/mol. The minimum Gasteiger partial charge on any atom is -0.493 e. The Morgan fingerprint density at radius 1 is 1.30 bits per heavy atom. The molecule has 1 aliphatic rings. The number of ether oxygens (including phenoxy) is 1. The van der Waals surface area contributed by atoms with Gasteiger partial charge in [0.15, 0.2) is 0 Å². The van der Waals surface area contributed by atoms with Gasteiger partial charge in [-0.15, -0.1) is 0 Å². The number of hydrogen-bond donors (Lipinski definition) is 1. The molecule has 0 radical (unpaired) electrons. The molecule has 0 aliphatic heterocycles. The Morgan fingerprint density at radius 3 is 2.70 bits per heavy atom. The Kier molecular flexibility index (Phi) is 5.74. The van der Waals surface area contributed by atoms with Crippen LogP contribution in [0.2, 0.25) is 5.02 Å². The summed E-state index contributed by atoms with van der Waals surface area (Å²) in [7, 11) is 0. The Morgan fingerprint density at radius 2 is 2.05 bits per heavy atom. The van der Waals surface area contributed by atoms with Crippen LogP contribution in [0.3, 0.4) is 0 Å². The summed E-state index contributed by atoms with van der Waals surface area (Å²) in [6.07, 6.45) is 5.00. The zero-order valence-corrected chi connectivity index (χ0v) is 13.6. The van der Waals surface area contributed by atoms with Crippen LogP contribution in [0.25, 0.3) is 0 Å². The van der Waals surface area contributed by atoms with Crippen LogP contribution in [0, 0.1) is 6.92 Å². The first-order valence-electron chi connectivity index (χ1n) is 7.74. The molecule has 1 saturated carbocycles. The zero-order valence-electron chi connectivity index (χ0n) is 12.8. The van der Waals surface area contributed by atoms with Crippen LogP contribution < -0.4 is 10.1 Å². The highest BCUT2D eigenvalue weighted by molar-refractivity contribution is 6.31. The molecule has 1 aliphatic carbocycles. The topological polar surface area (TPSA) is 21.3 Å². The molecule has 1 aromatic rings. The van der Waals surface area contributed by atoms with Crippen LogP contribution in [-0.2, 0) is 0 Å². The predicted octanol–water partition coefficient (Wildman–Crippen LogP) is 4.68. The van der Waals surface area contributed by atoms with Crippen LogP contribution in [0.1, 0.15) is 56.6 Å². The number of unbranched alkanes of at least 4 members (excludes halogenated alkanes) is 1. The van der Waals surface area contributed by atoms with E-state index >= 15 is 0 Å². The molecule has 1 aromatic carbocycles. The van der Waals surface area contributed by atoms with Crippen LogP contribution in [0.5, 0.6) is 5.75 Å². The van der Waals surface area contributed by atoms with E-state index in [1.54, 1.807) is 0 Å². The summed E-state index contributed by atoms with van der Waals surface area (Å²) >= 11 is 6.20. The fourth-order valence-corrected chi connectivity index (χ4v) is 2.42. The van der Waals surface area contributed by atoms with Gasteiger partial charge in [-0.3, -0.25) is 0 Å². The van der Waals surface area contributed by atoms with Gasteiger partial charge in [0, 0.05) is 11.1 Å². The molecule has 2 rings (SSSR count). The molecule has 0 spiro atoms. The van der Waals surface area contributed by atoms with Gasteiger partial charge in [-0.25, -0.2) is 0 Å². The molecule has 0 atom stereocenters. The molecule has 20 heavy (non-hydrogen) atoms. The van der Waals surface area contributed by atoms with E-state index in [0.29, 0.717) is 5.92 Å². The summed E-state index contributed by atoms with van der Waals surface area (Å²) in [6, 6.07) is 4.92. The van der Waals surface area contributed by atoms with Gasteiger partial charge in [0.1, 0.15) is 5.75 Å². The van der Waals surface area contributed by atoms with E-state index in [0.717, 1.165) is 41.9 Å². The van der Waals surface area contributed by atoms with Gasteiger partial charge in [-0.05, 0) is 68.3 Å². The lowest BCUT2D eigenvalue weighted by atomic mass is 10.0. The van der Waals surface area contributed by atoms with Crippen molar-refractivity contribution in [1.29, 1.82) is 0 Å². The first-order chi connectivity index (χ1) is 9.58. The predicted molar refractivity (Wildman–Crippen MR) is 86.0 cm³/mol. The molecule has 0 aromatic heterocycles. The molecule has 0 amide bonds. The molecule has 0 bridgehead atoms. The molecule has 1 N–H and O–H groups in total. The number of halogens is 1. The van der Waals surface area contributed by atoms with Gasteiger partial charge in [-0.1, -0.05) is 25.4 Å². The largest absolute Gasteiger partial charge is 0.493 e. The van der Waals surface area contributed by atoms with Crippen molar-refractivity contribution < 1.29 is 4.74 Å². The monoisotopic (exact) mass is 295 g/mol. The number of nitrogens with one attached hydrogen (secondary N) is 1. The lowest BCUT2D eigenvalue weighted by Crippen LogP contribution is -2.18. The van der Waals surface area contributed by atoms with Crippen LogP contribution in [-0.4, -0.2) is 19.2 Å². The summed E-state index contributed by atoms with van der Waals surface area (Å²) in [5.74, 6) is 1.43. The van der Waals surface area contributed by atoms with Crippen molar-refractivity contribution in [2.24, 2.45) is 0 Å². The van der Waals surface area contributed by atoms with Crippen LogP contribution in [0.4, 0.5) is 0 Å². The van der Waals surface area contributed by atoms with E-state index in [9.17, 15) is 0 Å². The second kappa shape index (κ2) is 7.33. The lowest BCUT2D eigenvalue weighted by molar-refractivity contribution is 0.301. The first kappa shape index (κ1) is 15.7. The quantitative estimate of drug-likeness (QED) is 0.703. The minimum atomic E-state index is 0.430. The number of hydrogen-bond acceptors (Lipinski definition) is 2. The third-order valence-corrected chi connectivity index (χ3v) is 4.16. The van der Waals surface area contributed by atoms with Crippen LogP contribution in [0.15, 0.2) is 12.1 Å². The number of benzene rings is 1. The Balaban J connectivity index is 1.79. The van der Waals surface area contributed by atoms with E-state index < -0.39 is 0 Å². The number of rotatable bonds is 8. The summed E-state index contributed by atoms with van der Waals surface area (Å²) in [5.41, 5.74) is 2.29. The summed E-state index contributed by atoms with van der Waals surface area (Å²) in [6.45, 7) is 8.28. The highest BCUT2D eigenvalue weighted by Crippen LogP contribution is 2.32. The van der Waals surface area contributed by atoms with Crippen molar-refractivity contribution in [2.45, 2.75) is 58.4 Å². The summed E-state index contributed by atoms with van der Waals surface area (Å²) in [5, 5.41) is 4.36. The molecule has 1 fully saturated rings. The smallest absolute Gasteiger partial charge is 0.123 e. The average Bonchev–Trinajstić information content (AvgIpc) is 3.21. The van der Waals surface area contributed by atoms with Gasteiger partial charge in [0.25, 0.3) is 0 Å². The third-order valence-electron chi connectivity index (χ3n) is 3.75. The van der Waals surface area contributed by atoms with Gasteiger partial charge in [0.05, 0.1) is 6.61 Å². The Bertz CT molecular complexity index is 441. The number of aryl methyl sites for hydroxylation is 1. The maximum atomic E-state index is 6.20. The molecule has 2 nitrogen and oxygen atoms in total. The van der Waals surface area contributed by atoms with Crippen molar-refractivity contribution in [3.05, 3.63) is 28.3 Å². The van der Waals surface area contributed by atoms with Crippen LogP contribution >= 0.6 is 11.6 Å². The minimum absolute atomic E-state index is 0.430. The molecule has 0 heterocycles. The van der Waals surface area contributed by atoms with Crippen molar-refractivity contribution in [1.82, 2.24) is 5.32 Å². The lowest BCUT2D eigenvalue weighted by Gasteiger charge is -2.16. The van der Waals surface area contributed by atoms with E-state index in [1.807, 2.05) is 13.0 Å². The standard InChI is InChI=1S/C17H26ClNO/c1-12(2)15-11-16(18)13(3)10-17(15)20-9-5-4-8-19-14-6-7-14/h10-12,14,19H,4-9H2,1-3H3. The van der Waals surface area contributed by atoms with Gasteiger partial charge in [-0.2, -0.15) is 0 Å². The second-order valence-electron chi connectivity index (χ2n) is 6.08. The normalized spacial score (nSPS) is 14.8. The maximum Gasteiger partial charge on any atom is 0.123 e. The zero-order chi connectivity index (χ0) is 14.5. The Labute approximate surface area is 127 Å². The van der Waals surface area contributed by atoms with Gasteiger partial charge in [0.2, 0.25) is 0 Å². The molecule has 0 saturated heterocycles. The fourth-order valence-electron chi connectivity index (χ4n) is 2.25. The highest BCUT2D eigenvalue weighted by Gasteiger charge is 2.19. The third kappa shape index (κ3) is 4.68. The molecular weight excluding hydrogens is 270 g/mol. The SMILES string of the molecule is Cc1cc(OCCCCNC2CC2)c(C(C)C)cc1Cl. The van der Waals surface area contributed by atoms with E-state index in [4.69, 9.17) is 16.3 Å². The van der Waals surface area contributed by atoms with Crippen molar-refractivity contribution in [3.63, 3.8) is 0 Å². The molecule has 112 valence electrons. The van der Waals surface area contributed by atoms with Gasteiger partial charge >= 0.3 is 0 Å². The molecular formula is C17H26ClNO. The summed E-state index contributed by atoms with van der Waals surface area (Å²) < 4.78 is 5.97. The van der Waals surface area contributed by atoms with Crippen molar-refractivity contribution in [3.8, 4) is 5.75 Å². The highest BCUT2D eigenvalue weighted by atomic mass is 35.5. The van der Waals surface area contributed by atoms with Crippen molar-refractivity contribution >= 4 is 11.6 Å². The van der Waals surface area contributed by atoms with E-state index in [2.05, 4.69) is 25.2 Å². The van der Waals surface area contributed by atoms with E-state index in [1.165, 1.54) is 24.8 Å². The maximum absolute atomic E-state index is 6.20. The molecule has 0 unspecified atom stereocenters. The fraction of sp³-hybridized carbons (Fsp3) is 0.647. The van der Waals surface area contributed by atoms with Gasteiger partial charge < -0.3 is 10.1 Å². The van der Waals surface area contributed by atoms with Crippen molar-refractivity contribution in [2.75, 3.05) is 13.2 Å². The van der Waals surface area contributed by atoms with E-state index in [-0.39, 0.29) is 0 Å².